The molecule has 0 aromatic heterocycles. The summed E-state index contributed by atoms with van der Waals surface area (Å²) in [6.45, 7) is 8.83. The van der Waals surface area contributed by atoms with Crippen LogP contribution in [0.15, 0.2) is 30.3 Å². The van der Waals surface area contributed by atoms with E-state index >= 15 is 0 Å². The second-order valence-corrected chi connectivity index (χ2v) is 6.91. The van der Waals surface area contributed by atoms with E-state index in [0.29, 0.717) is 18.9 Å². The molecule has 0 bridgehead atoms. The molecule has 0 radical (unpaired) electrons. The second kappa shape index (κ2) is 5.96. The lowest BCUT2D eigenvalue weighted by molar-refractivity contribution is -0.128. The molecule has 110 valence electrons. The largest absolute Gasteiger partial charge is 0.342 e. The first-order valence-corrected chi connectivity index (χ1v) is 7.44. The van der Waals surface area contributed by atoms with Crippen molar-refractivity contribution < 1.29 is 4.79 Å². The number of nitrogens with two attached hydrogens (primary N) is 1. The Balaban J connectivity index is 2.04. The molecular weight excluding hydrogens is 248 g/mol. The summed E-state index contributed by atoms with van der Waals surface area (Å²) < 4.78 is 0. The van der Waals surface area contributed by atoms with Gasteiger partial charge in [0.25, 0.3) is 0 Å². The number of hydrogen-bond acceptors (Lipinski definition) is 2. The molecule has 3 nitrogen and oxygen atoms in total. The molecule has 1 aromatic rings. The van der Waals surface area contributed by atoms with Gasteiger partial charge in [0.1, 0.15) is 0 Å². The highest BCUT2D eigenvalue weighted by atomic mass is 16.2. The number of carbonyl (C=O) groups excluding carboxylic acids is 1. The molecule has 1 fully saturated rings. The summed E-state index contributed by atoms with van der Waals surface area (Å²) in [6.07, 6.45) is 0.676. The summed E-state index contributed by atoms with van der Waals surface area (Å²) >= 11 is 0. The Morgan fingerprint density at radius 3 is 2.45 bits per heavy atom. The molecule has 0 aliphatic carbocycles. The third-order valence-corrected chi connectivity index (χ3v) is 4.44. The summed E-state index contributed by atoms with van der Waals surface area (Å²) in [5.74, 6) is 0.961. The van der Waals surface area contributed by atoms with Crippen LogP contribution in [0.4, 0.5) is 0 Å². The van der Waals surface area contributed by atoms with Gasteiger partial charge in [-0.05, 0) is 16.9 Å². The van der Waals surface area contributed by atoms with Crippen molar-refractivity contribution in [3.8, 4) is 0 Å². The topological polar surface area (TPSA) is 46.3 Å². The van der Waals surface area contributed by atoms with Crippen molar-refractivity contribution in [1.29, 1.82) is 0 Å². The number of hydrogen-bond donors (Lipinski definition) is 1. The van der Waals surface area contributed by atoms with Crippen molar-refractivity contribution in [2.45, 2.75) is 33.1 Å². The van der Waals surface area contributed by atoms with E-state index in [4.69, 9.17) is 5.73 Å². The van der Waals surface area contributed by atoms with Crippen LogP contribution in [0, 0.1) is 11.3 Å². The summed E-state index contributed by atoms with van der Waals surface area (Å²) in [5.41, 5.74) is 7.32. The Morgan fingerprint density at radius 1 is 1.30 bits per heavy atom. The van der Waals surface area contributed by atoms with Crippen LogP contribution in [0.1, 0.15) is 38.7 Å². The normalized spacial score (nSPS) is 21.3. The van der Waals surface area contributed by atoms with Gasteiger partial charge < -0.3 is 10.6 Å². The molecule has 1 aliphatic rings. The van der Waals surface area contributed by atoms with Crippen LogP contribution < -0.4 is 5.73 Å². The van der Waals surface area contributed by atoms with Gasteiger partial charge in [-0.25, -0.2) is 0 Å². The van der Waals surface area contributed by atoms with Crippen LogP contribution in [-0.2, 0) is 4.79 Å². The molecule has 1 aromatic carbocycles. The average Bonchev–Trinajstić information content (AvgIpc) is 2.78. The van der Waals surface area contributed by atoms with Gasteiger partial charge in [-0.2, -0.15) is 0 Å². The molecule has 1 amide bonds. The Labute approximate surface area is 122 Å². The lowest BCUT2D eigenvalue weighted by Crippen LogP contribution is -2.34. The third-order valence-electron chi connectivity index (χ3n) is 4.44. The third kappa shape index (κ3) is 3.40. The molecule has 2 rings (SSSR count). The van der Waals surface area contributed by atoms with Crippen LogP contribution in [0.3, 0.4) is 0 Å². The van der Waals surface area contributed by atoms with E-state index in [-0.39, 0.29) is 17.2 Å². The molecule has 2 unspecified atom stereocenters. The zero-order chi connectivity index (χ0) is 14.8. The maximum absolute atomic E-state index is 12.2. The van der Waals surface area contributed by atoms with Crippen LogP contribution in [0.5, 0.6) is 0 Å². The van der Waals surface area contributed by atoms with E-state index in [1.165, 1.54) is 5.56 Å². The van der Waals surface area contributed by atoms with E-state index in [1.54, 1.807) is 0 Å². The van der Waals surface area contributed by atoms with Crippen molar-refractivity contribution in [3.63, 3.8) is 0 Å². The first-order valence-electron chi connectivity index (χ1n) is 7.44. The molecule has 2 N–H and O–H groups in total. The Kier molecular flexibility index (Phi) is 4.48. The van der Waals surface area contributed by atoms with Crippen molar-refractivity contribution in [1.82, 2.24) is 4.90 Å². The van der Waals surface area contributed by atoms with Gasteiger partial charge in [0.05, 0.1) is 0 Å². The van der Waals surface area contributed by atoms with Crippen LogP contribution in [0.2, 0.25) is 0 Å². The summed E-state index contributed by atoms with van der Waals surface area (Å²) in [5, 5.41) is 0. The standard InChI is InChI=1S/C17H26N2O/c1-17(2,3)15-9-16(20)19(12-15)11-14(10-18)13-7-5-4-6-8-13/h4-8,14-15H,9-12,18H2,1-3H3. The monoisotopic (exact) mass is 274 g/mol. The van der Waals surface area contributed by atoms with Crippen molar-refractivity contribution in [2.75, 3.05) is 19.6 Å². The molecule has 1 saturated heterocycles. The highest BCUT2D eigenvalue weighted by Gasteiger charge is 2.37. The highest BCUT2D eigenvalue weighted by molar-refractivity contribution is 5.78. The molecule has 20 heavy (non-hydrogen) atoms. The minimum absolute atomic E-state index is 0.190. The lowest BCUT2D eigenvalue weighted by Gasteiger charge is -2.28. The van der Waals surface area contributed by atoms with E-state index < -0.39 is 0 Å². The van der Waals surface area contributed by atoms with E-state index in [1.807, 2.05) is 23.1 Å². The maximum atomic E-state index is 12.2. The van der Waals surface area contributed by atoms with E-state index in [0.717, 1.165) is 13.1 Å². The number of likely N-dealkylation sites (tertiary alicyclic amines) is 1. The van der Waals surface area contributed by atoms with Crippen LogP contribution in [0.25, 0.3) is 0 Å². The van der Waals surface area contributed by atoms with E-state index in [9.17, 15) is 4.79 Å². The fourth-order valence-corrected chi connectivity index (χ4v) is 2.84. The van der Waals surface area contributed by atoms with Gasteiger partial charge in [-0.15, -0.1) is 0 Å². The molecule has 1 aliphatic heterocycles. The maximum Gasteiger partial charge on any atom is 0.222 e. The average molecular weight is 274 g/mol. The molecule has 0 spiro atoms. The van der Waals surface area contributed by atoms with Crippen molar-refractivity contribution in [2.24, 2.45) is 17.1 Å². The Morgan fingerprint density at radius 2 is 1.95 bits per heavy atom. The van der Waals surface area contributed by atoms with Gasteiger partial charge in [-0.1, -0.05) is 51.1 Å². The minimum atomic E-state index is 0.190. The summed E-state index contributed by atoms with van der Waals surface area (Å²) in [7, 11) is 0. The van der Waals surface area contributed by atoms with Gasteiger partial charge in [0.15, 0.2) is 0 Å². The first kappa shape index (κ1) is 15.0. The number of benzene rings is 1. The van der Waals surface area contributed by atoms with Crippen molar-refractivity contribution in [3.05, 3.63) is 35.9 Å². The molecule has 2 atom stereocenters. The van der Waals surface area contributed by atoms with Gasteiger partial charge in [-0.3, -0.25) is 4.79 Å². The summed E-state index contributed by atoms with van der Waals surface area (Å²) in [4.78, 5) is 14.2. The fraction of sp³-hybridized carbons (Fsp3) is 0.588. The fourth-order valence-electron chi connectivity index (χ4n) is 2.84. The number of amides is 1. The molecule has 1 heterocycles. The summed E-state index contributed by atoms with van der Waals surface area (Å²) in [6, 6.07) is 10.3. The molecule has 3 heteroatoms. The van der Waals surface area contributed by atoms with Gasteiger partial charge in [0, 0.05) is 32.0 Å². The number of rotatable bonds is 4. The second-order valence-electron chi connectivity index (χ2n) is 6.91. The van der Waals surface area contributed by atoms with E-state index in [2.05, 4.69) is 32.9 Å². The highest BCUT2D eigenvalue weighted by Crippen LogP contribution is 2.35. The first-order chi connectivity index (χ1) is 9.41. The minimum Gasteiger partial charge on any atom is -0.342 e. The Hall–Kier alpha value is -1.35. The van der Waals surface area contributed by atoms with Crippen LogP contribution in [-0.4, -0.2) is 30.4 Å². The molecular formula is C17H26N2O. The zero-order valence-corrected chi connectivity index (χ0v) is 12.8. The number of carbonyl (C=O) groups is 1. The number of nitrogens with zero attached hydrogens (tertiary/aromatic N) is 1. The predicted octanol–water partition coefficient (Wildman–Crippen LogP) is 2.62. The van der Waals surface area contributed by atoms with Gasteiger partial charge in [0.2, 0.25) is 5.91 Å². The SMILES string of the molecule is CC(C)(C)C1CC(=O)N(CC(CN)c2ccccc2)C1. The quantitative estimate of drug-likeness (QED) is 0.917. The van der Waals surface area contributed by atoms with Crippen molar-refractivity contribution >= 4 is 5.91 Å². The zero-order valence-electron chi connectivity index (χ0n) is 12.8. The smallest absolute Gasteiger partial charge is 0.222 e. The molecule has 0 saturated carbocycles. The lowest BCUT2D eigenvalue weighted by atomic mass is 9.80. The van der Waals surface area contributed by atoms with Crippen LogP contribution >= 0.6 is 0 Å². The van der Waals surface area contributed by atoms with Gasteiger partial charge >= 0.3 is 0 Å². The Bertz CT molecular complexity index is 450. The predicted molar refractivity (Wildman–Crippen MR) is 82.4 cm³/mol.